The summed E-state index contributed by atoms with van der Waals surface area (Å²) < 4.78 is 0. The fraction of sp³-hybridized carbons (Fsp3) is 0.500. The van der Waals surface area contributed by atoms with E-state index < -0.39 is 0 Å². The average molecular weight is 300 g/mol. The van der Waals surface area contributed by atoms with Gasteiger partial charge in [0.2, 0.25) is 0 Å². The van der Waals surface area contributed by atoms with Crippen LogP contribution in [-0.2, 0) is 0 Å². The molecule has 2 rings (SSSR count). The second-order valence-corrected chi connectivity index (χ2v) is 5.97. The first kappa shape index (κ1) is 18.5. The molecule has 1 aromatic rings. The predicted molar refractivity (Wildman–Crippen MR) is 99.1 cm³/mol. The summed E-state index contributed by atoms with van der Waals surface area (Å²) in [6.07, 6.45) is 3.61. The molecule has 1 atom stereocenters. The van der Waals surface area contributed by atoms with Crippen LogP contribution in [0.1, 0.15) is 50.2 Å². The third-order valence-electron chi connectivity index (χ3n) is 4.71. The number of nitrogens with one attached hydrogen (secondary N) is 1. The highest BCUT2D eigenvalue weighted by Gasteiger charge is 2.19. The molecule has 0 aliphatic carbocycles. The molecule has 1 aliphatic heterocycles. The summed E-state index contributed by atoms with van der Waals surface area (Å²) in [7, 11) is 2.18. The van der Waals surface area contributed by atoms with Crippen molar-refractivity contribution in [3.63, 3.8) is 0 Å². The first-order valence-corrected chi connectivity index (χ1v) is 8.36. The maximum atomic E-state index is 4.30. The van der Waals surface area contributed by atoms with Crippen LogP contribution in [-0.4, -0.2) is 31.1 Å². The van der Waals surface area contributed by atoms with Crippen molar-refractivity contribution in [2.75, 3.05) is 20.1 Å². The second-order valence-electron chi connectivity index (χ2n) is 5.97. The highest BCUT2D eigenvalue weighted by Crippen LogP contribution is 2.25. The summed E-state index contributed by atoms with van der Waals surface area (Å²) in [4.78, 5) is 2.36. The van der Waals surface area contributed by atoms with Gasteiger partial charge in [-0.3, -0.25) is 0 Å². The minimum absolute atomic E-state index is 0.623. The van der Waals surface area contributed by atoms with Gasteiger partial charge in [-0.15, -0.1) is 13.2 Å². The third-order valence-corrected chi connectivity index (χ3v) is 4.71. The quantitative estimate of drug-likeness (QED) is 0.796. The topological polar surface area (TPSA) is 15.3 Å². The van der Waals surface area contributed by atoms with E-state index in [1.54, 1.807) is 0 Å². The lowest BCUT2D eigenvalue weighted by molar-refractivity contribution is 0.277. The molecule has 0 spiro atoms. The van der Waals surface area contributed by atoms with Gasteiger partial charge in [0.1, 0.15) is 0 Å². The van der Waals surface area contributed by atoms with E-state index in [1.165, 1.54) is 30.4 Å². The van der Waals surface area contributed by atoms with Crippen molar-refractivity contribution in [2.24, 2.45) is 0 Å². The van der Waals surface area contributed by atoms with Crippen molar-refractivity contribution in [2.45, 2.75) is 45.1 Å². The van der Waals surface area contributed by atoms with Gasteiger partial charge in [-0.05, 0) is 49.4 Å². The molecule has 1 saturated heterocycles. The average Bonchev–Trinajstić information content (AvgIpc) is 2.62. The van der Waals surface area contributed by atoms with E-state index in [1.807, 2.05) is 0 Å². The minimum atomic E-state index is 0.623. The van der Waals surface area contributed by atoms with Crippen LogP contribution in [0.5, 0.6) is 0 Å². The lowest BCUT2D eigenvalue weighted by atomic mass is 9.96. The van der Waals surface area contributed by atoms with Crippen molar-refractivity contribution in [3.05, 3.63) is 55.1 Å². The lowest BCUT2D eigenvalue weighted by Crippen LogP contribution is -2.40. The summed E-state index contributed by atoms with van der Waals surface area (Å²) in [6.45, 7) is 17.1. The van der Waals surface area contributed by atoms with Crippen LogP contribution in [0.15, 0.2) is 44.0 Å². The van der Waals surface area contributed by atoms with Gasteiger partial charge in [-0.2, -0.15) is 0 Å². The van der Waals surface area contributed by atoms with E-state index in [4.69, 9.17) is 0 Å². The number of piperidine rings is 1. The second kappa shape index (κ2) is 9.47. The van der Waals surface area contributed by atoms with Crippen molar-refractivity contribution in [1.82, 2.24) is 10.2 Å². The summed E-state index contributed by atoms with van der Waals surface area (Å²) >= 11 is 0. The van der Waals surface area contributed by atoms with E-state index in [0.717, 1.165) is 18.8 Å². The van der Waals surface area contributed by atoms with Crippen LogP contribution in [0.25, 0.3) is 5.70 Å². The summed E-state index contributed by atoms with van der Waals surface area (Å²) in [5.41, 5.74) is 3.82. The molecular formula is C20H32N2. The molecule has 22 heavy (non-hydrogen) atoms. The Morgan fingerprint density at radius 3 is 2.27 bits per heavy atom. The summed E-state index contributed by atoms with van der Waals surface area (Å²) in [6, 6.07) is 9.58. The van der Waals surface area contributed by atoms with Crippen LogP contribution in [0.4, 0.5) is 0 Å². The Morgan fingerprint density at radius 1 is 1.23 bits per heavy atom. The third kappa shape index (κ3) is 4.74. The van der Waals surface area contributed by atoms with Crippen molar-refractivity contribution < 1.29 is 0 Å². The Hall–Kier alpha value is -1.54. The Bertz CT molecular complexity index is 443. The van der Waals surface area contributed by atoms with Crippen molar-refractivity contribution in [3.8, 4) is 0 Å². The molecule has 1 aromatic carbocycles. The van der Waals surface area contributed by atoms with E-state index in [2.05, 4.69) is 75.1 Å². The van der Waals surface area contributed by atoms with Crippen LogP contribution in [0.2, 0.25) is 0 Å². The normalized spacial score (nSPS) is 16.3. The molecule has 1 aliphatic rings. The fourth-order valence-electron chi connectivity index (χ4n) is 2.86. The smallest absolute Gasteiger partial charge is 0.0366 e. The highest BCUT2D eigenvalue weighted by atomic mass is 15.1. The van der Waals surface area contributed by atoms with E-state index in [9.17, 15) is 0 Å². The molecule has 0 aromatic heterocycles. The molecule has 2 heteroatoms. The standard InChI is InChI=1S/C18H28N2.C2H4/c1-5-14(2)16-6-8-17(9-7-16)15(3)20(4)18-10-12-19-13-11-18;1-2/h6-9,14,18-19H,3,5,10-13H2,1-2,4H3;1-2H2. The first-order valence-electron chi connectivity index (χ1n) is 8.36. The molecule has 1 fully saturated rings. The lowest BCUT2D eigenvalue weighted by Gasteiger charge is -2.34. The minimum Gasteiger partial charge on any atom is -0.372 e. The van der Waals surface area contributed by atoms with Gasteiger partial charge in [-0.1, -0.05) is 44.7 Å². The number of rotatable bonds is 5. The maximum Gasteiger partial charge on any atom is 0.0366 e. The van der Waals surface area contributed by atoms with Gasteiger partial charge >= 0.3 is 0 Å². The van der Waals surface area contributed by atoms with Gasteiger partial charge in [0.25, 0.3) is 0 Å². The Morgan fingerprint density at radius 2 is 1.77 bits per heavy atom. The van der Waals surface area contributed by atoms with Crippen LogP contribution >= 0.6 is 0 Å². The van der Waals surface area contributed by atoms with E-state index in [0.29, 0.717) is 12.0 Å². The molecule has 122 valence electrons. The molecule has 0 amide bonds. The van der Waals surface area contributed by atoms with E-state index >= 15 is 0 Å². The van der Waals surface area contributed by atoms with Crippen LogP contribution in [0, 0.1) is 0 Å². The van der Waals surface area contributed by atoms with Crippen molar-refractivity contribution in [1.29, 1.82) is 0 Å². The molecule has 0 bridgehead atoms. The molecule has 0 radical (unpaired) electrons. The zero-order chi connectivity index (χ0) is 16.5. The molecule has 2 nitrogen and oxygen atoms in total. The van der Waals surface area contributed by atoms with Gasteiger partial charge in [0, 0.05) is 18.8 Å². The van der Waals surface area contributed by atoms with Gasteiger partial charge in [0.15, 0.2) is 0 Å². The SMILES string of the molecule is C=C.C=C(c1ccc(C(C)CC)cc1)N(C)C1CCNCC1. The van der Waals surface area contributed by atoms with Gasteiger partial charge in [-0.25, -0.2) is 0 Å². The largest absolute Gasteiger partial charge is 0.372 e. The summed E-state index contributed by atoms with van der Waals surface area (Å²) in [5, 5.41) is 3.42. The van der Waals surface area contributed by atoms with Gasteiger partial charge < -0.3 is 10.2 Å². The first-order chi connectivity index (χ1) is 10.6. The van der Waals surface area contributed by atoms with E-state index in [-0.39, 0.29) is 0 Å². The Balaban J connectivity index is 0.00000116. The summed E-state index contributed by atoms with van der Waals surface area (Å²) in [5.74, 6) is 0.638. The molecule has 0 saturated carbocycles. The van der Waals surface area contributed by atoms with Crippen LogP contribution in [0.3, 0.4) is 0 Å². The zero-order valence-electron chi connectivity index (χ0n) is 14.6. The Labute approximate surface area is 136 Å². The number of hydrogen-bond donors (Lipinski definition) is 1. The maximum absolute atomic E-state index is 4.30. The number of hydrogen-bond acceptors (Lipinski definition) is 2. The number of benzene rings is 1. The van der Waals surface area contributed by atoms with Gasteiger partial charge in [0.05, 0.1) is 0 Å². The monoisotopic (exact) mass is 300 g/mol. The molecule has 1 heterocycles. The number of nitrogens with zero attached hydrogens (tertiary/aromatic N) is 1. The fourth-order valence-corrected chi connectivity index (χ4v) is 2.86. The molecule has 1 unspecified atom stereocenters. The highest BCUT2D eigenvalue weighted by molar-refractivity contribution is 5.62. The predicted octanol–water partition coefficient (Wildman–Crippen LogP) is 4.66. The molecule has 1 N–H and O–H groups in total. The van der Waals surface area contributed by atoms with Crippen LogP contribution < -0.4 is 5.32 Å². The van der Waals surface area contributed by atoms with Crippen molar-refractivity contribution >= 4 is 5.70 Å². The zero-order valence-corrected chi connectivity index (χ0v) is 14.6. The Kier molecular flexibility index (Phi) is 7.97. The molecular weight excluding hydrogens is 268 g/mol.